The van der Waals surface area contributed by atoms with Gasteiger partial charge in [-0.2, -0.15) is 0 Å². The molecule has 0 heterocycles. The number of para-hydroxylation sites is 1. The number of benzene rings is 2. The molecule has 0 unspecified atom stereocenters. The molecule has 0 bridgehead atoms. The van der Waals surface area contributed by atoms with Crippen LogP contribution in [0.25, 0.3) is 0 Å². The molecule has 2 aromatic rings. The van der Waals surface area contributed by atoms with Gasteiger partial charge in [-0.15, -0.1) is 0 Å². The monoisotopic (exact) mass is 342 g/mol. The molecule has 0 aliphatic rings. The van der Waals surface area contributed by atoms with Gasteiger partial charge in [0.05, 0.1) is 0 Å². The fourth-order valence-electron chi connectivity index (χ4n) is 2.13. The van der Waals surface area contributed by atoms with Gasteiger partial charge in [-0.1, -0.05) is 42.5 Å². The predicted octanol–water partition coefficient (Wildman–Crippen LogP) is 2.05. The molecule has 0 aromatic heterocycles. The smallest absolute Gasteiger partial charge is 0.343 e. The van der Waals surface area contributed by atoms with E-state index in [2.05, 4.69) is 10.6 Å². The summed E-state index contributed by atoms with van der Waals surface area (Å²) >= 11 is 0. The number of ether oxygens (including phenoxy) is 1. The Bertz CT molecular complexity index is 789. The van der Waals surface area contributed by atoms with Gasteiger partial charge in [-0.25, -0.2) is 9.59 Å². The van der Waals surface area contributed by atoms with Gasteiger partial charge in [0.25, 0.3) is 5.91 Å². The maximum Gasteiger partial charge on any atom is 0.343 e. The number of urea groups is 1. The molecule has 0 saturated heterocycles. The number of aryl methyl sites for hydroxylation is 1. The molecule has 0 radical (unpaired) electrons. The first-order valence-electron chi connectivity index (χ1n) is 7.51. The number of aromatic hydroxyl groups is 1. The molecule has 25 heavy (non-hydrogen) atoms. The van der Waals surface area contributed by atoms with Crippen LogP contribution in [0.4, 0.5) is 4.79 Å². The Balaban J connectivity index is 2.30. The predicted molar refractivity (Wildman–Crippen MR) is 90.0 cm³/mol. The van der Waals surface area contributed by atoms with Crippen LogP contribution in [0.15, 0.2) is 48.5 Å². The van der Waals surface area contributed by atoms with E-state index in [9.17, 15) is 19.5 Å². The fourth-order valence-corrected chi connectivity index (χ4v) is 2.13. The standard InChI is InChI=1S/C18H18N2O5/c1-11-7-6-10-13(14(11)21)17(23)25-15(12-8-4-3-5-9-12)16(22)20-18(24)19-2/h3-10,15,21H,1-2H3,(H2,19,20,22,24)/t15-/m0/s1. The topological polar surface area (TPSA) is 105 Å². The average molecular weight is 342 g/mol. The van der Waals surface area contributed by atoms with Crippen LogP contribution in [0, 0.1) is 6.92 Å². The SMILES string of the molecule is CNC(=O)NC(=O)[C@@H](OC(=O)c1cccc(C)c1O)c1ccccc1. The van der Waals surface area contributed by atoms with E-state index in [4.69, 9.17) is 4.74 Å². The summed E-state index contributed by atoms with van der Waals surface area (Å²) in [6.07, 6.45) is -1.34. The summed E-state index contributed by atoms with van der Waals surface area (Å²) in [4.78, 5) is 36.1. The van der Waals surface area contributed by atoms with E-state index in [0.29, 0.717) is 11.1 Å². The number of nitrogens with one attached hydrogen (secondary N) is 2. The second-order valence-electron chi connectivity index (χ2n) is 5.24. The third-order valence-corrected chi connectivity index (χ3v) is 3.49. The lowest BCUT2D eigenvalue weighted by molar-refractivity contribution is -0.129. The van der Waals surface area contributed by atoms with Crippen molar-refractivity contribution in [1.29, 1.82) is 0 Å². The van der Waals surface area contributed by atoms with Crippen molar-refractivity contribution >= 4 is 17.9 Å². The molecule has 0 saturated carbocycles. The quantitative estimate of drug-likeness (QED) is 0.738. The lowest BCUT2D eigenvalue weighted by Crippen LogP contribution is -2.41. The number of carbonyl (C=O) groups is 3. The first-order chi connectivity index (χ1) is 11.9. The number of hydrogen-bond acceptors (Lipinski definition) is 5. The molecule has 1 atom stereocenters. The summed E-state index contributed by atoms with van der Waals surface area (Å²) in [6, 6.07) is 12.2. The van der Waals surface area contributed by atoms with Crippen LogP contribution in [0.3, 0.4) is 0 Å². The number of phenolic OH excluding ortho intramolecular Hbond substituents is 1. The van der Waals surface area contributed by atoms with Crippen molar-refractivity contribution in [1.82, 2.24) is 10.6 Å². The van der Waals surface area contributed by atoms with Crippen molar-refractivity contribution in [3.8, 4) is 5.75 Å². The maximum atomic E-state index is 12.4. The number of imide groups is 1. The van der Waals surface area contributed by atoms with Crippen LogP contribution in [-0.4, -0.2) is 30.1 Å². The molecule has 7 heteroatoms. The summed E-state index contributed by atoms with van der Waals surface area (Å²) in [5.41, 5.74) is 0.832. The molecule has 3 amide bonds. The molecule has 0 fully saturated rings. The highest BCUT2D eigenvalue weighted by atomic mass is 16.5. The molecule has 2 rings (SSSR count). The average Bonchev–Trinajstić information content (AvgIpc) is 2.62. The lowest BCUT2D eigenvalue weighted by Gasteiger charge is -2.18. The molecule has 130 valence electrons. The zero-order chi connectivity index (χ0) is 18.4. The maximum absolute atomic E-state index is 12.4. The van der Waals surface area contributed by atoms with E-state index in [1.165, 1.54) is 13.1 Å². The van der Waals surface area contributed by atoms with Crippen LogP contribution in [0.5, 0.6) is 5.75 Å². The van der Waals surface area contributed by atoms with Crippen molar-refractivity contribution in [3.63, 3.8) is 0 Å². The summed E-state index contributed by atoms with van der Waals surface area (Å²) < 4.78 is 5.27. The number of phenols is 1. The van der Waals surface area contributed by atoms with Crippen molar-refractivity contribution in [2.45, 2.75) is 13.0 Å². The highest BCUT2D eigenvalue weighted by Gasteiger charge is 2.28. The third-order valence-electron chi connectivity index (χ3n) is 3.49. The number of carbonyl (C=O) groups excluding carboxylic acids is 3. The van der Waals surface area contributed by atoms with Gasteiger partial charge < -0.3 is 15.2 Å². The second-order valence-corrected chi connectivity index (χ2v) is 5.24. The Labute approximate surface area is 144 Å². The van der Waals surface area contributed by atoms with Crippen LogP contribution in [0.2, 0.25) is 0 Å². The Morgan fingerprint density at radius 1 is 1.04 bits per heavy atom. The van der Waals surface area contributed by atoms with Crippen LogP contribution in [0.1, 0.15) is 27.6 Å². The molecule has 0 aliphatic heterocycles. The van der Waals surface area contributed by atoms with Gasteiger partial charge in [-0.05, 0) is 18.6 Å². The minimum Gasteiger partial charge on any atom is -0.507 e. The normalized spacial score (nSPS) is 11.3. The van der Waals surface area contributed by atoms with Gasteiger partial charge in [0.2, 0.25) is 6.10 Å². The molecule has 7 nitrogen and oxygen atoms in total. The first-order valence-corrected chi connectivity index (χ1v) is 7.51. The number of esters is 1. The fraction of sp³-hybridized carbons (Fsp3) is 0.167. The van der Waals surface area contributed by atoms with Crippen LogP contribution in [-0.2, 0) is 9.53 Å². The largest absolute Gasteiger partial charge is 0.507 e. The van der Waals surface area contributed by atoms with E-state index in [1.807, 2.05) is 0 Å². The minimum absolute atomic E-state index is 0.0614. The number of amides is 3. The molecular formula is C18H18N2O5. The van der Waals surface area contributed by atoms with E-state index in [-0.39, 0.29) is 11.3 Å². The first kappa shape index (κ1) is 18.0. The summed E-state index contributed by atoms with van der Waals surface area (Å²) in [7, 11) is 1.36. The van der Waals surface area contributed by atoms with Gasteiger partial charge in [-0.3, -0.25) is 10.1 Å². The van der Waals surface area contributed by atoms with Crippen molar-refractivity contribution < 1.29 is 24.2 Å². The highest BCUT2D eigenvalue weighted by Crippen LogP contribution is 2.25. The Hall–Kier alpha value is -3.35. The molecule has 3 N–H and O–H groups in total. The summed E-state index contributed by atoms with van der Waals surface area (Å²) in [5.74, 6) is -1.89. The molecule has 0 spiro atoms. The Kier molecular flexibility index (Phi) is 5.73. The van der Waals surface area contributed by atoms with Crippen LogP contribution >= 0.6 is 0 Å². The van der Waals surface area contributed by atoms with E-state index >= 15 is 0 Å². The summed E-state index contributed by atoms with van der Waals surface area (Å²) in [6.45, 7) is 1.64. The van der Waals surface area contributed by atoms with E-state index in [0.717, 1.165) is 0 Å². The van der Waals surface area contributed by atoms with Crippen molar-refractivity contribution in [3.05, 3.63) is 65.2 Å². The van der Waals surface area contributed by atoms with E-state index < -0.39 is 24.0 Å². The zero-order valence-corrected chi connectivity index (χ0v) is 13.8. The van der Waals surface area contributed by atoms with Gasteiger partial charge >= 0.3 is 12.0 Å². The zero-order valence-electron chi connectivity index (χ0n) is 13.8. The third kappa shape index (κ3) is 4.35. The van der Waals surface area contributed by atoms with Gasteiger partial charge in [0.15, 0.2) is 0 Å². The molecule has 0 aliphatic carbocycles. The van der Waals surface area contributed by atoms with Crippen molar-refractivity contribution in [2.24, 2.45) is 0 Å². The lowest BCUT2D eigenvalue weighted by atomic mass is 10.1. The van der Waals surface area contributed by atoms with Crippen molar-refractivity contribution in [2.75, 3.05) is 7.05 Å². The highest BCUT2D eigenvalue weighted by molar-refractivity contribution is 5.99. The van der Waals surface area contributed by atoms with Gasteiger partial charge in [0.1, 0.15) is 11.3 Å². The van der Waals surface area contributed by atoms with E-state index in [1.54, 1.807) is 49.4 Å². The minimum atomic E-state index is -1.34. The van der Waals surface area contributed by atoms with Crippen LogP contribution < -0.4 is 10.6 Å². The molecule has 2 aromatic carbocycles. The van der Waals surface area contributed by atoms with Gasteiger partial charge in [0, 0.05) is 12.6 Å². The number of rotatable bonds is 4. The Morgan fingerprint density at radius 3 is 2.36 bits per heavy atom. The number of hydrogen-bond donors (Lipinski definition) is 3. The summed E-state index contributed by atoms with van der Waals surface area (Å²) in [5, 5.41) is 14.3. The second kappa shape index (κ2) is 7.96. The molecular weight excluding hydrogens is 324 g/mol. The Morgan fingerprint density at radius 2 is 1.72 bits per heavy atom.